The highest BCUT2D eigenvalue weighted by molar-refractivity contribution is 5.97. The van der Waals surface area contributed by atoms with Crippen molar-refractivity contribution in [2.24, 2.45) is 0 Å². The summed E-state index contributed by atoms with van der Waals surface area (Å²) in [5.74, 6) is -0.575. The summed E-state index contributed by atoms with van der Waals surface area (Å²) in [6.45, 7) is 3.29. The summed E-state index contributed by atoms with van der Waals surface area (Å²) in [6, 6.07) is 9.93. The third kappa shape index (κ3) is 3.13. The lowest BCUT2D eigenvalue weighted by Gasteiger charge is -2.17. The van der Waals surface area contributed by atoms with E-state index in [2.05, 4.69) is 16.0 Å². The Bertz CT molecular complexity index is 767. The number of nitrogens with zero attached hydrogens (tertiary/aromatic N) is 2. The van der Waals surface area contributed by atoms with E-state index in [0.29, 0.717) is 25.3 Å². The number of esters is 1. The molecule has 0 spiro atoms. The van der Waals surface area contributed by atoms with E-state index >= 15 is 0 Å². The molecule has 0 radical (unpaired) electrons. The number of carbonyl (C=O) groups is 2. The van der Waals surface area contributed by atoms with Gasteiger partial charge >= 0.3 is 5.97 Å². The Morgan fingerprint density at radius 3 is 2.88 bits per heavy atom. The Kier molecular flexibility index (Phi) is 4.55. The van der Waals surface area contributed by atoms with Gasteiger partial charge in [0.25, 0.3) is 5.91 Å². The molecule has 1 aromatic heterocycles. The first-order chi connectivity index (χ1) is 11.6. The topological polar surface area (TPSA) is 63.6 Å². The van der Waals surface area contributed by atoms with Crippen LogP contribution in [0.15, 0.2) is 36.5 Å². The molecule has 2 heterocycles. The van der Waals surface area contributed by atoms with Crippen LogP contribution in [0, 0.1) is 0 Å². The Balaban J connectivity index is 1.80. The number of likely N-dealkylation sites (N-methyl/N-ethyl adjacent to an activating group) is 1. The predicted molar refractivity (Wildman–Crippen MR) is 90.9 cm³/mol. The Labute approximate surface area is 141 Å². The molecule has 1 amide bonds. The van der Waals surface area contributed by atoms with Gasteiger partial charge in [0.15, 0.2) is 0 Å². The maximum Gasteiger partial charge on any atom is 0.325 e. The molecule has 1 aliphatic rings. The normalized spacial score (nSPS) is 12.4. The average Bonchev–Trinajstić information content (AvgIpc) is 2.86. The van der Waals surface area contributed by atoms with Crippen molar-refractivity contribution in [2.45, 2.75) is 20.0 Å². The van der Waals surface area contributed by atoms with Crippen LogP contribution in [0.1, 0.15) is 28.5 Å². The summed E-state index contributed by atoms with van der Waals surface area (Å²) in [5.41, 5.74) is 3.80. The van der Waals surface area contributed by atoms with Crippen LogP contribution in [-0.2, 0) is 22.6 Å². The number of fused-ring (bicyclic) bond motifs is 2. The zero-order valence-electron chi connectivity index (χ0n) is 13.9. The Morgan fingerprint density at radius 1 is 1.29 bits per heavy atom. The fourth-order valence-electron chi connectivity index (χ4n) is 2.92. The predicted octanol–water partition coefficient (Wildman–Crippen LogP) is 2.10. The van der Waals surface area contributed by atoms with Crippen LogP contribution in [0.4, 0.5) is 5.69 Å². The van der Waals surface area contributed by atoms with Crippen LogP contribution in [0.5, 0.6) is 0 Å². The van der Waals surface area contributed by atoms with E-state index < -0.39 is 5.97 Å². The van der Waals surface area contributed by atoms with Gasteiger partial charge in [0.1, 0.15) is 6.54 Å². The van der Waals surface area contributed by atoms with Gasteiger partial charge < -0.3 is 19.5 Å². The first-order valence-corrected chi connectivity index (χ1v) is 8.01. The standard InChI is InChI=1S/C18H21N3O3/c1-3-24-17(22)12-20(2)18(23)14-8-9-21-11-13-6-4-5-7-15(13)19-10-16(14)21/h4-9,19H,3,10-12H2,1-2H3. The zero-order chi connectivity index (χ0) is 17.1. The van der Waals surface area contributed by atoms with E-state index in [9.17, 15) is 9.59 Å². The lowest BCUT2D eigenvalue weighted by atomic mass is 10.2. The molecule has 3 rings (SSSR count). The highest BCUT2D eigenvalue weighted by Crippen LogP contribution is 2.24. The Hall–Kier alpha value is -2.76. The Morgan fingerprint density at radius 2 is 2.08 bits per heavy atom. The number of aromatic nitrogens is 1. The minimum atomic E-state index is -0.399. The van der Waals surface area contributed by atoms with Gasteiger partial charge in [-0.1, -0.05) is 18.2 Å². The number of hydrogen-bond acceptors (Lipinski definition) is 4. The van der Waals surface area contributed by atoms with Crippen molar-refractivity contribution in [3.63, 3.8) is 0 Å². The van der Waals surface area contributed by atoms with Crippen LogP contribution < -0.4 is 5.32 Å². The number of anilines is 1. The number of rotatable bonds is 4. The van der Waals surface area contributed by atoms with E-state index in [4.69, 9.17) is 4.74 Å². The van der Waals surface area contributed by atoms with Crippen LogP contribution in [0.2, 0.25) is 0 Å². The first kappa shape index (κ1) is 16.1. The van der Waals surface area contributed by atoms with Gasteiger partial charge in [-0.2, -0.15) is 0 Å². The summed E-state index contributed by atoms with van der Waals surface area (Å²) < 4.78 is 6.98. The number of nitrogens with one attached hydrogen (secondary N) is 1. The molecular weight excluding hydrogens is 306 g/mol. The van der Waals surface area contributed by atoms with Crippen molar-refractivity contribution in [3.8, 4) is 0 Å². The van der Waals surface area contributed by atoms with Crippen molar-refractivity contribution < 1.29 is 14.3 Å². The van der Waals surface area contributed by atoms with Crippen molar-refractivity contribution >= 4 is 17.6 Å². The van der Waals surface area contributed by atoms with Gasteiger partial charge in [-0.05, 0) is 24.6 Å². The minimum absolute atomic E-state index is 0.0506. The lowest BCUT2D eigenvalue weighted by Crippen LogP contribution is -2.33. The average molecular weight is 327 g/mol. The molecule has 1 aliphatic heterocycles. The van der Waals surface area contributed by atoms with Gasteiger partial charge in [0, 0.05) is 25.5 Å². The summed E-state index contributed by atoms with van der Waals surface area (Å²) in [5, 5.41) is 3.38. The molecule has 0 saturated carbocycles. The zero-order valence-corrected chi connectivity index (χ0v) is 13.9. The van der Waals surface area contributed by atoms with Gasteiger partial charge in [0.05, 0.1) is 24.4 Å². The van der Waals surface area contributed by atoms with Crippen LogP contribution in [-0.4, -0.2) is 41.5 Å². The fourth-order valence-corrected chi connectivity index (χ4v) is 2.92. The van der Waals surface area contributed by atoms with Crippen LogP contribution in [0.25, 0.3) is 0 Å². The molecule has 126 valence electrons. The van der Waals surface area contributed by atoms with Gasteiger partial charge in [-0.15, -0.1) is 0 Å². The maximum absolute atomic E-state index is 12.7. The molecule has 0 unspecified atom stereocenters. The second-order valence-electron chi connectivity index (χ2n) is 5.78. The smallest absolute Gasteiger partial charge is 0.325 e. The van der Waals surface area contributed by atoms with E-state index in [0.717, 1.165) is 11.4 Å². The second-order valence-corrected chi connectivity index (χ2v) is 5.78. The van der Waals surface area contributed by atoms with Gasteiger partial charge in [-0.3, -0.25) is 9.59 Å². The number of hydrogen-bond donors (Lipinski definition) is 1. The summed E-state index contributed by atoms with van der Waals surface area (Å²) in [4.78, 5) is 25.7. The molecule has 0 saturated heterocycles. The lowest BCUT2D eigenvalue weighted by molar-refractivity contribution is -0.143. The molecule has 0 fully saturated rings. The van der Waals surface area contributed by atoms with Crippen molar-refractivity contribution in [1.82, 2.24) is 9.47 Å². The maximum atomic E-state index is 12.7. The summed E-state index contributed by atoms with van der Waals surface area (Å²) >= 11 is 0. The molecule has 6 nitrogen and oxygen atoms in total. The largest absolute Gasteiger partial charge is 0.465 e. The fraction of sp³-hybridized carbons (Fsp3) is 0.333. The number of carbonyl (C=O) groups excluding carboxylic acids is 2. The third-order valence-corrected chi connectivity index (χ3v) is 4.13. The molecule has 24 heavy (non-hydrogen) atoms. The van der Waals surface area contributed by atoms with E-state index in [-0.39, 0.29) is 12.5 Å². The monoisotopic (exact) mass is 327 g/mol. The van der Waals surface area contributed by atoms with Crippen molar-refractivity contribution in [1.29, 1.82) is 0 Å². The molecular formula is C18H21N3O3. The molecule has 1 aromatic carbocycles. The number of para-hydroxylation sites is 1. The summed E-state index contributed by atoms with van der Waals surface area (Å²) in [6.07, 6.45) is 1.92. The summed E-state index contributed by atoms with van der Waals surface area (Å²) in [7, 11) is 1.61. The first-order valence-electron chi connectivity index (χ1n) is 8.01. The van der Waals surface area contributed by atoms with E-state index in [1.165, 1.54) is 10.5 Å². The molecule has 0 atom stereocenters. The number of benzene rings is 1. The molecule has 0 aliphatic carbocycles. The third-order valence-electron chi connectivity index (χ3n) is 4.13. The highest BCUT2D eigenvalue weighted by Gasteiger charge is 2.23. The van der Waals surface area contributed by atoms with Crippen molar-refractivity contribution in [2.75, 3.05) is 25.5 Å². The SMILES string of the molecule is CCOC(=O)CN(C)C(=O)c1ccn2c1CNc1ccccc1C2. The van der Waals surface area contributed by atoms with Gasteiger partial charge in [-0.25, -0.2) is 0 Å². The second kappa shape index (κ2) is 6.78. The van der Waals surface area contributed by atoms with E-state index in [1.54, 1.807) is 14.0 Å². The molecule has 2 aromatic rings. The van der Waals surface area contributed by atoms with Crippen LogP contribution in [0.3, 0.4) is 0 Å². The van der Waals surface area contributed by atoms with E-state index in [1.807, 2.05) is 30.5 Å². The quantitative estimate of drug-likeness (QED) is 0.874. The highest BCUT2D eigenvalue weighted by atomic mass is 16.5. The molecule has 1 N–H and O–H groups in total. The van der Waals surface area contributed by atoms with Gasteiger partial charge in [0.2, 0.25) is 0 Å². The minimum Gasteiger partial charge on any atom is -0.465 e. The van der Waals surface area contributed by atoms with Crippen molar-refractivity contribution in [3.05, 3.63) is 53.3 Å². The number of amides is 1. The molecule has 6 heteroatoms. The number of ether oxygens (including phenoxy) is 1. The van der Waals surface area contributed by atoms with Crippen LogP contribution >= 0.6 is 0 Å². The molecule has 0 bridgehead atoms.